The van der Waals surface area contributed by atoms with Gasteiger partial charge >= 0.3 is 0 Å². The van der Waals surface area contributed by atoms with Crippen molar-refractivity contribution in [1.29, 1.82) is 5.26 Å². The highest BCUT2D eigenvalue weighted by molar-refractivity contribution is 5.76. The maximum Gasteiger partial charge on any atom is 0.263 e. The monoisotopic (exact) mass is 370 g/mol. The molecule has 0 atom stereocenters. The van der Waals surface area contributed by atoms with Crippen molar-refractivity contribution in [2.75, 3.05) is 5.32 Å². The van der Waals surface area contributed by atoms with E-state index >= 15 is 0 Å². The minimum Gasteiger partial charge on any atom is -0.326 e. The Morgan fingerprint density at radius 3 is 2.50 bits per heavy atom. The van der Waals surface area contributed by atoms with E-state index in [9.17, 15) is 10.1 Å². The van der Waals surface area contributed by atoms with Crippen molar-refractivity contribution in [3.63, 3.8) is 0 Å². The summed E-state index contributed by atoms with van der Waals surface area (Å²) in [6.45, 7) is 3.74. The molecule has 0 aliphatic carbocycles. The number of para-hydroxylation sites is 1. The largest absolute Gasteiger partial charge is 0.326 e. The number of benzene rings is 2. The molecule has 0 aliphatic heterocycles. The SMILES string of the molecule is CC(C)(C#N)c1ccc(Nc2nc3c(cnn3-c3ccccc3)c(=O)[nH]2)cc1. The number of aromatic nitrogens is 4. The molecule has 4 aromatic rings. The first kappa shape index (κ1) is 17.5. The minimum absolute atomic E-state index is 0.267. The summed E-state index contributed by atoms with van der Waals surface area (Å²) in [7, 11) is 0. The summed E-state index contributed by atoms with van der Waals surface area (Å²) in [6.07, 6.45) is 1.51. The van der Waals surface area contributed by atoms with E-state index in [1.165, 1.54) is 6.20 Å². The zero-order chi connectivity index (χ0) is 19.7. The molecule has 0 saturated carbocycles. The molecule has 2 N–H and O–H groups in total. The van der Waals surface area contributed by atoms with E-state index in [-0.39, 0.29) is 5.56 Å². The highest BCUT2D eigenvalue weighted by Crippen LogP contribution is 2.24. The Morgan fingerprint density at radius 1 is 1.11 bits per heavy atom. The van der Waals surface area contributed by atoms with E-state index in [1.807, 2.05) is 68.4 Å². The molecule has 7 nitrogen and oxygen atoms in total. The molecule has 0 amide bonds. The van der Waals surface area contributed by atoms with Crippen LogP contribution in [0.3, 0.4) is 0 Å². The van der Waals surface area contributed by atoms with E-state index in [4.69, 9.17) is 0 Å². The number of H-pyrrole nitrogens is 1. The quantitative estimate of drug-likeness (QED) is 0.571. The van der Waals surface area contributed by atoms with Crippen LogP contribution in [0.1, 0.15) is 19.4 Å². The van der Waals surface area contributed by atoms with Gasteiger partial charge in [0.15, 0.2) is 5.65 Å². The highest BCUT2D eigenvalue weighted by atomic mass is 16.1. The van der Waals surface area contributed by atoms with Crippen LogP contribution in [0.4, 0.5) is 11.6 Å². The van der Waals surface area contributed by atoms with Crippen LogP contribution in [0.15, 0.2) is 65.6 Å². The Hall–Kier alpha value is -3.92. The first-order chi connectivity index (χ1) is 13.5. The third kappa shape index (κ3) is 3.12. The van der Waals surface area contributed by atoms with Gasteiger partial charge in [0.2, 0.25) is 5.95 Å². The second-order valence-corrected chi connectivity index (χ2v) is 6.98. The fraction of sp³-hybridized carbons (Fsp3) is 0.143. The Balaban J connectivity index is 1.70. The van der Waals surface area contributed by atoms with Crippen LogP contribution in [-0.2, 0) is 5.41 Å². The molecular weight excluding hydrogens is 352 g/mol. The van der Waals surface area contributed by atoms with Crippen LogP contribution in [0.2, 0.25) is 0 Å². The summed E-state index contributed by atoms with van der Waals surface area (Å²) in [6, 6.07) is 19.3. The lowest BCUT2D eigenvalue weighted by Crippen LogP contribution is -2.14. The summed E-state index contributed by atoms with van der Waals surface area (Å²) in [5, 5.41) is 17.1. The minimum atomic E-state index is -0.563. The van der Waals surface area contributed by atoms with Crippen molar-refractivity contribution >= 4 is 22.7 Å². The zero-order valence-electron chi connectivity index (χ0n) is 15.5. The molecule has 0 aliphatic rings. The molecule has 28 heavy (non-hydrogen) atoms. The number of rotatable bonds is 4. The highest BCUT2D eigenvalue weighted by Gasteiger charge is 2.19. The van der Waals surface area contributed by atoms with E-state index in [2.05, 4.69) is 26.5 Å². The smallest absolute Gasteiger partial charge is 0.263 e. The molecule has 0 fully saturated rings. The van der Waals surface area contributed by atoms with Crippen LogP contribution in [0, 0.1) is 11.3 Å². The van der Waals surface area contributed by atoms with E-state index < -0.39 is 5.41 Å². The Labute approximate surface area is 161 Å². The Bertz CT molecular complexity index is 1230. The van der Waals surface area contributed by atoms with Gasteiger partial charge < -0.3 is 5.32 Å². The number of hydrogen-bond donors (Lipinski definition) is 2. The first-order valence-corrected chi connectivity index (χ1v) is 8.80. The number of nitrogens with zero attached hydrogens (tertiary/aromatic N) is 4. The van der Waals surface area contributed by atoms with Crippen molar-refractivity contribution in [2.24, 2.45) is 0 Å². The van der Waals surface area contributed by atoms with Crippen molar-refractivity contribution in [1.82, 2.24) is 19.7 Å². The molecule has 0 unspecified atom stereocenters. The number of nitriles is 1. The van der Waals surface area contributed by atoms with Crippen molar-refractivity contribution in [3.05, 3.63) is 76.7 Å². The molecule has 0 radical (unpaired) electrons. The second-order valence-electron chi connectivity index (χ2n) is 6.98. The van der Waals surface area contributed by atoms with Gasteiger partial charge in [-0.2, -0.15) is 15.3 Å². The Morgan fingerprint density at radius 2 is 1.82 bits per heavy atom. The molecule has 0 saturated heterocycles. The molecule has 0 bridgehead atoms. The van der Waals surface area contributed by atoms with Gasteiger partial charge in [0.05, 0.1) is 23.4 Å². The predicted octanol–water partition coefficient (Wildman–Crippen LogP) is 3.65. The molecule has 2 heterocycles. The number of aromatic amines is 1. The molecule has 2 aromatic heterocycles. The third-order valence-electron chi connectivity index (χ3n) is 4.59. The second kappa shape index (κ2) is 6.67. The number of nitrogens with one attached hydrogen (secondary N) is 2. The number of anilines is 2. The van der Waals surface area contributed by atoms with Crippen LogP contribution in [0.5, 0.6) is 0 Å². The Kier molecular flexibility index (Phi) is 4.17. The van der Waals surface area contributed by atoms with Crippen LogP contribution < -0.4 is 10.9 Å². The van der Waals surface area contributed by atoms with E-state index in [0.29, 0.717) is 17.0 Å². The lowest BCUT2D eigenvalue weighted by molar-refractivity contribution is 0.687. The van der Waals surface area contributed by atoms with E-state index in [1.54, 1.807) is 4.68 Å². The summed E-state index contributed by atoms with van der Waals surface area (Å²) in [5.74, 6) is 0.322. The standard InChI is InChI=1S/C21H18N6O/c1-21(2,13-22)14-8-10-15(11-9-14)24-20-25-18-17(19(28)26-20)12-23-27(18)16-6-4-3-5-7-16/h3-12H,1-2H3,(H2,24,25,26,28). The normalized spacial score (nSPS) is 11.3. The van der Waals surface area contributed by atoms with Gasteiger partial charge in [-0.05, 0) is 43.7 Å². The summed E-state index contributed by atoms with van der Waals surface area (Å²) in [4.78, 5) is 19.7. The molecule has 0 spiro atoms. The lowest BCUT2D eigenvalue weighted by Gasteiger charge is -2.16. The molecule has 2 aromatic carbocycles. The number of hydrogen-bond acceptors (Lipinski definition) is 5. The van der Waals surface area contributed by atoms with Gasteiger partial charge in [-0.1, -0.05) is 30.3 Å². The van der Waals surface area contributed by atoms with Gasteiger partial charge in [0, 0.05) is 5.69 Å². The third-order valence-corrected chi connectivity index (χ3v) is 4.59. The molecule has 4 rings (SSSR count). The zero-order valence-corrected chi connectivity index (χ0v) is 15.5. The average molecular weight is 370 g/mol. The van der Waals surface area contributed by atoms with Gasteiger partial charge in [-0.15, -0.1) is 0 Å². The van der Waals surface area contributed by atoms with E-state index in [0.717, 1.165) is 16.9 Å². The molecule has 7 heteroatoms. The fourth-order valence-electron chi connectivity index (χ4n) is 2.91. The van der Waals surface area contributed by atoms with Crippen LogP contribution >= 0.6 is 0 Å². The summed E-state index contributed by atoms with van der Waals surface area (Å²) >= 11 is 0. The van der Waals surface area contributed by atoms with Gasteiger partial charge in [0.1, 0.15) is 5.39 Å². The van der Waals surface area contributed by atoms with Crippen molar-refractivity contribution in [2.45, 2.75) is 19.3 Å². The van der Waals surface area contributed by atoms with Crippen molar-refractivity contribution in [3.8, 4) is 11.8 Å². The van der Waals surface area contributed by atoms with Crippen molar-refractivity contribution < 1.29 is 0 Å². The van der Waals surface area contributed by atoms with Gasteiger partial charge in [-0.25, -0.2) is 4.68 Å². The average Bonchev–Trinajstić information content (AvgIpc) is 3.13. The maximum atomic E-state index is 12.4. The molecule has 138 valence electrons. The maximum absolute atomic E-state index is 12.4. The van der Waals surface area contributed by atoms with Gasteiger partial charge in [0.25, 0.3) is 5.56 Å². The number of fused-ring (bicyclic) bond motifs is 1. The lowest BCUT2D eigenvalue weighted by atomic mass is 9.86. The summed E-state index contributed by atoms with van der Waals surface area (Å²) < 4.78 is 1.63. The van der Waals surface area contributed by atoms with Crippen LogP contribution in [-0.4, -0.2) is 19.7 Å². The van der Waals surface area contributed by atoms with Crippen LogP contribution in [0.25, 0.3) is 16.7 Å². The first-order valence-electron chi connectivity index (χ1n) is 8.80. The van der Waals surface area contributed by atoms with Gasteiger partial charge in [-0.3, -0.25) is 9.78 Å². The fourth-order valence-corrected chi connectivity index (χ4v) is 2.91. The molecular formula is C21H18N6O. The topological polar surface area (TPSA) is 99.4 Å². The predicted molar refractivity (Wildman–Crippen MR) is 108 cm³/mol. The summed E-state index contributed by atoms with van der Waals surface area (Å²) in [5.41, 5.74) is 2.14.